The van der Waals surface area contributed by atoms with E-state index in [4.69, 9.17) is 41.9 Å². The molecule has 3 heterocycles. The molecule has 2 aliphatic heterocycles. The average molecular weight is 518 g/mol. The van der Waals surface area contributed by atoms with Crippen LogP contribution in [0.2, 0.25) is 10.0 Å². The lowest BCUT2D eigenvalue weighted by atomic mass is 10.1. The zero-order valence-electron chi connectivity index (χ0n) is 19.3. The molecule has 0 aliphatic carbocycles. The molecule has 0 unspecified atom stereocenters. The van der Waals surface area contributed by atoms with Crippen LogP contribution in [0.1, 0.15) is 16.9 Å². The van der Waals surface area contributed by atoms with Gasteiger partial charge in [-0.1, -0.05) is 40.5 Å². The number of carbonyl (C=O) groups is 1. The molecular weight excluding hydrogens is 493 g/mol. The summed E-state index contributed by atoms with van der Waals surface area (Å²) in [7, 11) is 0. The van der Waals surface area contributed by atoms with E-state index in [2.05, 4.69) is 21.0 Å². The minimum absolute atomic E-state index is 0.0368. The van der Waals surface area contributed by atoms with Crippen LogP contribution in [0.25, 0.3) is 11.3 Å². The summed E-state index contributed by atoms with van der Waals surface area (Å²) in [6.45, 7) is 6.43. The van der Waals surface area contributed by atoms with E-state index in [1.165, 1.54) is 5.56 Å². The van der Waals surface area contributed by atoms with Gasteiger partial charge in [-0.25, -0.2) is 0 Å². The molecule has 0 saturated carbocycles. The zero-order chi connectivity index (χ0) is 24.4. The number of aryl methyl sites for hydroxylation is 1. The molecule has 3 aromatic rings. The number of fused-ring (bicyclic) bond motifs is 1. The quantitative estimate of drug-likeness (QED) is 0.422. The lowest BCUT2D eigenvalue weighted by molar-refractivity contribution is -0.146. The van der Waals surface area contributed by atoms with E-state index in [0.717, 1.165) is 44.2 Å². The van der Waals surface area contributed by atoms with Crippen molar-refractivity contribution in [1.29, 1.82) is 0 Å². The average Bonchev–Trinajstić information content (AvgIpc) is 3.45. The summed E-state index contributed by atoms with van der Waals surface area (Å²) >= 11 is 12.7. The SMILES string of the molecule is Cc1onc(-c2c(Cl)cccc2Cl)c1COC(=O)CN1CCN(Cc2ccc3c(c2)OCO3)CC1. The Kier molecular flexibility index (Phi) is 7.15. The lowest BCUT2D eigenvalue weighted by Crippen LogP contribution is -2.47. The fourth-order valence-electron chi connectivity index (χ4n) is 4.27. The van der Waals surface area contributed by atoms with E-state index in [1.807, 2.05) is 12.1 Å². The highest BCUT2D eigenvalue weighted by Crippen LogP contribution is 2.37. The Balaban J connectivity index is 1.12. The van der Waals surface area contributed by atoms with Gasteiger partial charge in [0, 0.05) is 38.3 Å². The second kappa shape index (κ2) is 10.5. The third-order valence-electron chi connectivity index (χ3n) is 6.22. The first-order chi connectivity index (χ1) is 17.0. The number of aromatic nitrogens is 1. The second-order valence-corrected chi connectivity index (χ2v) is 9.38. The Hall–Kier alpha value is -2.78. The van der Waals surface area contributed by atoms with Crippen LogP contribution < -0.4 is 9.47 Å². The van der Waals surface area contributed by atoms with Gasteiger partial charge in [-0.05, 0) is 36.8 Å². The normalized spacial score (nSPS) is 16.0. The van der Waals surface area contributed by atoms with Crippen LogP contribution in [0.15, 0.2) is 40.9 Å². The Bertz CT molecular complexity index is 1200. The number of hydrogen-bond donors (Lipinski definition) is 0. The van der Waals surface area contributed by atoms with Gasteiger partial charge in [0.1, 0.15) is 18.1 Å². The van der Waals surface area contributed by atoms with Crippen LogP contribution in [0.4, 0.5) is 0 Å². The van der Waals surface area contributed by atoms with Crippen LogP contribution in [-0.4, -0.2) is 60.4 Å². The molecule has 10 heteroatoms. The Labute approximate surface area is 213 Å². The third-order valence-corrected chi connectivity index (χ3v) is 6.85. The molecule has 0 amide bonds. The Morgan fingerprint density at radius 1 is 1.03 bits per heavy atom. The van der Waals surface area contributed by atoms with E-state index in [9.17, 15) is 4.79 Å². The van der Waals surface area contributed by atoms with E-state index in [1.54, 1.807) is 25.1 Å². The standard InChI is InChI=1S/C25H25Cl2N3O5/c1-16-18(25(28-35-16)24-19(26)3-2-4-20(24)27)14-32-23(31)13-30-9-7-29(8-10-30)12-17-5-6-21-22(11-17)34-15-33-21/h2-6,11H,7-10,12-15H2,1H3. The summed E-state index contributed by atoms with van der Waals surface area (Å²) in [4.78, 5) is 17.0. The maximum atomic E-state index is 12.6. The van der Waals surface area contributed by atoms with E-state index < -0.39 is 0 Å². The van der Waals surface area contributed by atoms with Crippen molar-refractivity contribution < 1.29 is 23.5 Å². The largest absolute Gasteiger partial charge is 0.460 e. The number of halogens is 2. The van der Waals surface area contributed by atoms with Gasteiger partial charge < -0.3 is 18.7 Å². The molecule has 8 nitrogen and oxygen atoms in total. The van der Waals surface area contributed by atoms with E-state index >= 15 is 0 Å². The summed E-state index contributed by atoms with van der Waals surface area (Å²) in [5.41, 5.74) is 2.89. The van der Waals surface area contributed by atoms with Gasteiger partial charge in [-0.2, -0.15) is 0 Å². The van der Waals surface area contributed by atoms with Crippen LogP contribution in [-0.2, 0) is 22.7 Å². The van der Waals surface area contributed by atoms with Gasteiger partial charge in [-0.3, -0.25) is 14.6 Å². The van der Waals surface area contributed by atoms with Crippen molar-refractivity contribution in [2.75, 3.05) is 39.5 Å². The summed E-state index contributed by atoms with van der Waals surface area (Å²) in [5, 5.41) is 5.01. The van der Waals surface area contributed by atoms with E-state index in [0.29, 0.717) is 32.6 Å². The predicted octanol–water partition coefficient (Wildman–Crippen LogP) is 4.55. The van der Waals surface area contributed by atoms with Gasteiger partial charge in [0.05, 0.1) is 22.2 Å². The smallest absolute Gasteiger partial charge is 0.320 e. The first-order valence-corrected chi connectivity index (χ1v) is 12.1. The molecule has 1 saturated heterocycles. The lowest BCUT2D eigenvalue weighted by Gasteiger charge is -2.34. The summed E-state index contributed by atoms with van der Waals surface area (Å²) in [6, 6.07) is 11.3. The van der Waals surface area contributed by atoms with Crippen molar-refractivity contribution in [3.63, 3.8) is 0 Å². The topological polar surface area (TPSA) is 77.3 Å². The third kappa shape index (κ3) is 5.41. The molecule has 1 fully saturated rings. The number of esters is 1. The van der Waals surface area contributed by atoms with Gasteiger partial charge >= 0.3 is 5.97 Å². The Morgan fingerprint density at radius 2 is 1.74 bits per heavy atom. The van der Waals surface area contributed by atoms with Crippen molar-refractivity contribution in [3.8, 4) is 22.8 Å². The summed E-state index contributed by atoms with van der Waals surface area (Å²) in [5.74, 6) is 1.85. The number of nitrogens with zero attached hydrogens (tertiary/aromatic N) is 3. The fraction of sp³-hybridized carbons (Fsp3) is 0.360. The minimum Gasteiger partial charge on any atom is -0.460 e. The molecule has 35 heavy (non-hydrogen) atoms. The first-order valence-electron chi connectivity index (χ1n) is 11.4. The molecule has 0 atom stereocenters. The Morgan fingerprint density at radius 3 is 2.51 bits per heavy atom. The number of hydrogen-bond acceptors (Lipinski definition) is 8. The van der Waals surface area contributed by atoms with Gasteiger partial charge in [0.2, 0.25) is 6.79 Å². The highest BCUT2D eigenvalue weighted by molar-refractivity contribution is 6.39. The number of ether oxygens (including phenoxy) is 3. The summed E-state index contributed by atoms with van der Waals surface area (Å²) in [6.07, 6.45) is 0. The van der Waals surface area contributed by atoms with Crippen LogP contribution in [0.3, 0.4) is 0 Å². The molecule has 0 radical (unpaired) electrons. The molecule has 2 aromatic carbocycles. The van der Waals surface area contributed by atoms with Crippen molar-refractivity contribution in [2.24, 2.45) is 0 Å². The molecular formula is C25H25Cl2N3O5. The van der Waals surface area contributed by atoms with Crippen LogP contribution in [0, 0.1) is 6.92 Å². The molecule has 0 bridgehead atoms. The van der Waals surface area contributed by atoms with Crippen molar-refractivity contribution in [2.45, 2.75) is 20.1 Å². The van der Waals surface area contributed by atoms with Crippen LogP contribution >= 0.6 is 23.2 Å². The minimum atomic E-state index is -0.300. The highest BCUT2D eigenvalue weighted by atomic mass is 35.5. The monoisotopic (exact) mass is 517 g/mol. The maximum Gasteiger partial charge on any atom is 0.320 e. The molecule has 1 aromatic heterocycles. The van der Waals surface area contributed by atoms with E-state index in [-0.39, 0.29) is 25.9 Å². The molecule has 184 valence electrons. The zero-order valence-corrected chi connectivity index (χ0v) is 20.8. The molecule has 0 N–H and O–H groups in total. The predicted molar refractivity (Wildman–Crippen MR) is 131 cm³/mol. The maximum absolute atomic E-state index is 12.6. The van der Waals surface area contributed by atoms with Crippen molar-refractivity contribution in [1.82, 2.24) is 15.0 Å². The van der Waals surface area contributed by atoms with Gasteiger partial charge in [0.15, 0.2) is 11.5 Å². The fourth-order valence-corrected chi connectivity index (χ4v) is 4.84. The number of piperazine rings is 1. The highest BCUT2D eigenvalue weighted by Gasteiger charge is 2.23. The van der Waals surface area contributed by atoms with Gasteiger partial charge in [-0.15, -0.1) is 0 Å². The molecule has 0 spiro atoms. The number of carbonyl (C=O) groups excluding carboxylic acids is 1. The molecule has 5 rings (SSSR count). The van der Waals surface area contributed by atoms with Crippen molar-refractivity contribution in [3.05, 3.63) is 63.3 Å². The number of rotatable bonds is 7. The first kappa shape index (κ1) is 23.9. The van der Waals surface area contributed by atoms with Crippen LogP contribution in [0.5, 0.6) is 11.5 Å². The number of benzene rings is 2. The second-order valence-electron chi connectivity index (χ2n) is 8.56. The van der Waals surface area contributed by atoms with Gasteiger partial charge in [0.25, 0.3) is 0 Å². The summed E-state index contributed by atoms with van der Waals surface area (Å²) < 4.78 is 21.8. The van der Waals surface area contributed by atoms with Crippen molar-refractivity contribution >= 4 is 29.2 Å². The molecule has 2 aliphatic rings.